The Kier molecular flexibility index (Phi) is 5.08. The van der Waals surface area contributed by atoms with Crippen LogP contribution in [-0.2, 0) is 4.79 Å². The summed E-state index contributed by atoms with van der Waals surface area (Å²) in [6, 6.07) is -0.360. The summed E-state index contributed by atoms with van der Waals surface area (Å²) in [5.74, 6) is -0.807. The van der Waals surface area contributed by atoms with E-state index in [-0.39, 0.29) is 12.1 Å². The van der Waals surface area contributed by atoms with Crippen molar-refractivity contribution in [2.24, 2.45) is 5.41 Å². The standard InChI is InChI=1S/C15H27N3O3/c1-3-7-17-8-10-18(11-9-17)14(21)16-12-5-4-6-15(12,2)13(19)20/h12H,3-11H2,1-2H3,(H,16,21)(H,19,20). The second kappa shape index (κ2) is 6.64. The van der Waals surface area contributed by atoms with E-state index in [0.29, 0.717) is 6.42 Å². The summed E-state index contributed by atoms with van der Waals surface area (Å²) >= 11 is 0. The van der Waals surface area contributed by atoms with Crippen molar-refractivity contribution in [2.75, 3.05) is 32.7 Å². The quantitative estimate of drug-likeness (QED) is 0.822. The van der Waals surface area contributed by atoms with Crippen molar-refractivity contribution in [3.63, 3.8) is 0 Å². The van der Waals surface area contributed by atoms with E-state index >= 15 is 0 Å². The van der Waals surface area contributed by atoms with Gasteiger partial charge < -0.3 is 15.3 Å². The number of carboxylic acids is 1. The van der Waals surface area contributed by atoms with E-state index in [9.17, 15) is 14.7 Å². The number of hydrogen-bond donors (Lipinski definition) is 2. The Labute approximate surface area is 126 Å². The Morgan fingerprint density at radius 3 is 2.52 bits per heavy atom. The molecule has 0 radical (unpaired) electrons. The number of carboxylic acid groups (broad SMARTS) is 1. The van der Waals surface area contributed by atoms with Crippen molar-refractivity contribution in [1.29, 1.82) is 0 Å². The van der Waals surface area contributed by atoms with Crippen molar-refractivity contribution in [1.82, 2.24) is 15.1 Å². The zero-order valence-corrected chi connectivity index (χ0v) is 13.1. The molecule has 2 fully saturated rings. The van der Waals surface area contributed by atoms with Gasteiger partial charge in [-0.3, -0.25) is 9.69 Å². The maximum Gasteiger partial charge on any atom is 0.317 e. The third-order valence-electron chi connectivity index (χ3n) is 4.94. The van der Waals surface area contributed by atoms with Crippen LogP contribution < -0.4 is 5.32 Å². The molecule has 2 amide bonds. The molecule has 0 bridgehead atoms. The van der Waals surface area contributed by atoms with Gasteiger partial charge in [0.15, 0.2) is 0 Å². The normalized spacial score (nSPS) is 30.4. The molecule has 1 saturated heterocycles. The summed E-state index contributed by atoms with van der Waals surface area (Å²) in [5, 5.41) is 12.3. The Morgan fingerprint density at radius 2 is 1.95 bits per heavy atom. The molecule has 2 atom stereocenters. The second-order valence-electron chi connectivity index (χ2n) is 6.45. The molecule has 1 saturated carbocycles. The lowest BCUT2D eigenvalue weighted by molar-refractivity contribution is -0.148. The molecule has 120 valence electrons. The van der Waals surface area contributed by atoms with Crippen LogP contribution >= 0.6 is 0 Å². The number of amides is 2. The average Bonchev–Trinajstić information content (AvgIpc) is 2.83. The first-order valence-electron chi connectivity index (χ1n) is 7.98. The van der Waals surface area contributed by atoms with Gasteiger partial charge >= 0.3 is 12.0 Å². The molecular formula is C15H27N3O3. The van der Waals surface area contributed by atoms with E-state index in [1.54, 1.807) is 6.92 Å². The van der Waals surface area contributed by atoms with E-state index in [4.69, 9.17) is 0 Å². The van der Waals surface area contributed by atoms with E-state index in [1.165, 1.54) is 0 Å². The molecular weight excluding hydrogens is 270 g/mol. The zero-order chi connectivity index (χ0) is 15.5. The van der Waals surface area contributed by atoms with Gasteiger partial charge in [-0.15, -0.1) is 0 Å². The Balaban J connectivity index is 1.86. The Hall–Kier alpha value is -1.30. The van der Waals surface area contributed by atoms with E-state index < -0.39 is 11.4 Å². The van der Waals surface area contributed by atoms with Crippen LogP contribution in [0.2, 0.25) is 0 Å². The molecule has 1 aliphatic heterocycles. The molecule has 1 heterocycles. The highest BCUT2D eigenvalue weighted by molar-refractivity contribution is 5.79. The van der Waals surface area contributed by atoms with Crippen LogP contribution in [0.25, 0.3) is 0 Å². The van der Waals surface area contributed by atoms with Crippen molar-refractivity contribution in [2.45, 2.75) is 45.6 Å². The monoisotopic (exact) mass is 297 g/mol. The first-order valence-corrected chi connectivity index (χ1v) is 7.98. The van der Waals surface area contributed by atoms with Gasteiger partial charge in [0.1, 0.15) is 0 Å². The van der Waals surface area contributed by atoms with Gasteiger partial charge in [-0.05, 0) is 32.7 Å². The summed E-state index contributed by atoms with van der Waals surface area (Å²) in [7, 11) is 0. The number of rotatable bonds is 4. The summed E-state index contributed by atoms with van der Waals surface area (Å²) < 4.78 is 0. The molecule has 0 spiro atoms. The molecule has 0 aromatic carbocycles. The van der Waals surface area contributed by atoms with Gasteiger partial charge in [-0.1, -0.05) is 13.3 Å². The minimum absolute atomic E-state index is 0.106. The van der Waals surface area contributed by atoms with Crippen LogP contribution in [0.5, 0.6) is 0 Å². The summed E-state index contributed by atoms with van der Waals surface area (Å²) in [6.45, 7) is 8.24. The van der Waals surface area contributed by atoms with Crippen LogP contribution in [0.4, 0.5) is 4.79 Å². The highest BCUT2D eigenvalue weighted by Crippen LogP contribution is 2.38. The summed E-state index contributed by atoms with van der Waals surface area (Å²) in [5.41, 5.74) is -0.820. The molecule has 2 N–H and O–H groups in total. The Bertz CT molecular complexity index is 394. The minimum atomic E-state index is -0.820. The lowest BCUT2D eigenvalue weighted by Gasteiger charge is -2.36. The highest BCUT2D eigenvalue weighted by Gasteiger charge is 2.46. The maximum atomic E-state index is 12.3. The van der Waals surface area contributed by atoms with Crippen LogP contribution in [0, 0.1) is 5.41 Å². The fourth-order valence-electron chi connectivity index (χ4n) is 3.38. The molecule has 21 heavy (non-hydrogen) atoms. The van der Waals surface area contributed by atoms with E-state index in [1.807, 2.05) is 4.90 Å². The number of carbonyl (C=O) groups is 2. The summed E-state index contributed by atoms with van der Waals surface area (Å²) in [6.07, 6.45) is 3.38. The number of carbonyl (C=O) groups excluding carboxylic acids is 1. The number of nitrogens with one attached hydrogen (secondary N) is 1. The number of urea groups is 1. The van der Waals surface area contributed by atoms with Gasteiger partial charge in [-0.2, -0.15) is 0 Å². The maximum absolute atomic E-state index is 12.3. The molecule has 1 aliphatic carbocycles. The largest absolute Gasteiger partial charge is 0.481 e. The average molecular weight is 297 g/mol. The minimum Gasteiger partial charge on any atom is -0.481 e. The fraction of sp³-hybridized carbons (Fsp3) is 0.867. The Morgan fingerprint density at radius 1 is 1.29 bits per heavy atom. The van der Waals surface area contributed by atoms with Crippen molar-refractivity contribution in [3.05, 3.63) is 0 Å². The topological polar surface area (TPSA) is 72.9 Å². The lowest BCUT2D eigenvalue weighted by atomic mass is 9.85. The van der Waals surface area contributed by atoms with Gasteiger partial charge in [0.2, 0.25) is 0 Å². The molecule has 6 nitrogen and oxygen atoms in total. The third kappa shape index (κ3) is 3.48. The zero-order valence-electron chi connectivity index (χ0n) is 13.1. The number of nitrogens with zero attached hydrogens (tertiary/aromatic N) is 2. The molecule has 2 aliphatic rings. The van der Waals surface area contributed by atoms with Gasteiger partial charge in [-0.25, -0.2) is 4.79 Å². The summed E-state index contributed by atoms with van der Waals surface area (Å²) in [4.78, 5) is 27.9. The van der Waals surface area contributed by atoms with Crippen LogP contribution in [0.15, 0.2) is 0 Å². The van der Waals surface area contributed by atoms with Crippen LogP contribution in [-0.4, -0.2) is 65.7 Å². The van der Waals surface area contributed by atoms with Crippen molar-refractivity contribution >= 4 is 12.0 Å². The molecule has 2 rings (SSSR count). The molecule has 0 aromatic rings. The SMILES string of the molecule is CCCN1CCN(C(=O)NC2CCCC2(C)C(=O)O)CC1. The number of hydrogen-bond acceptors (Lipinski definition) is 3. The third-order valence-corrected chi connectivity index (χ3v) is 4.94. The highest BCUT2D eigenvalue weighted by atomic mass is 16.4. The smallest absolute Gasteiger partial charge is 0.317 e. The van der Waals surface area contributed by atoms with E-state index in [2.05, 4.69) is 17.1 Å². The van der Waals surface area contributed by atoms with E-state index in [0.717, 1.165) is 52.0 Å². The predicted molar refractivity (Wildman–Crippen MR) is 80.2 cm³/mol. The first-order chi connectivity index (χ1) is 9.97. The molecule has 0 aromatic heterocycles. The van der Waals surface area contributed by atoms with Gasteiger partial charge in [0.25, 0.3) is 0 Å². The van der Waals surface area contributed by atoms with Gasteiger partial charge in [0, 0.05) is 32.2 Å². The predicted octanol–water partition coefficient (Wildman–Crippen LogP) is 1.37. The second-order valence-corrected chi connectivity index (χ2v) is 6.45. The molecule has 6 heteroatoms. The van der Waals surface area contributed by atoms with Gasteiger partial charge in [0.05, 0.1) is 5.41 Å². The van der Waals surface area contributed by atoms with Crippen molar-refractivity contribution < 1.29 is 14.7 Å². The van der Waals surface area contributed by atoms with Crippen molar-refractivity contribution in [3.8, 4) is 0 Å². The lowest BCUT2D eigenvalue weighted by Crippen LogP contribution is -2.56. The van der Waals surface area contributed by atoms with Crippen LogP contribution in [0.1, 0.15) is 39.5 Å². The fourth-order valence-corrected chi connectivity index (χ4v) is 3.38. The first kappa shape index (κ1) is 16.1. The van der Waals surface area contributed by atoms with Crippen LogP contribution in [0.3, 0.4) is 0 Å². The number of piperazine rings is 1. The number of aliphatic carboxylic acids is 1. The molecule has 2 unspecified atom stereocenters.